The molecule has 0 bridgehead atoms. The first-order valence-corrected chi connectivity index (χ1v) is 6.21. The number of benzene rings is 1. The van der Waals surface area contributed by atoms with E-state index in [1.54, 1.807) is 16.8 Å². The van der Waals surface area contributed by atoms with Gasteiger partial charge in [-0.15, -0.1) is 0 Å². The Balaban J connectivity index is 2.38. The molecular formula is C14H18FN3O. The maximum Gasteiger partial charge on any atom is 0.165 e. The van der Waals surface area contributed by atoms with Crippen LogP contribution in [0.15, 0.2) is 30.6 Å². The SMILES string of the molecule is CCNC(c1ccc(F)c(OC)c1)c1cnn(C)c1. The lowest BCUT2D eigenvalue weighted by Crippen LogP contribution is -2.21. The normalized spacial score (nSPS) is 12.4. The zero-order chi connectivity index (χ0) is 13.8. The molecule has 102 valence electrons. The fraction of sp³-hybridized carbons (Fsp3) is 0.357. The second kappa shape index (κ2) is 5.84. The van der Waals surface area contributed by atoms with Crippen molar-refractivity contribution in [2.24, 2.45) is 7.05 Å². The van der Waals surface area contributed by atoms with Gasteiger partial charge in [0.05, 0.1) is 19.3 Å². The summed E-state index contributed by atoms with van der Waals surface area (Å²) in [6.45, 7) is 2.84. The van der Waals surface area contributed by atoms with E-state index in [-0.39, 0.29) is 17.6 Å². The van der Waals surface area contributed by atoms with E-state index in [1.807, 2.05) is 26.4 Å². The average Bonchev–Trinajstić information content (AvgIpc) is 2.83. The van der Waals surface area contributed by atoms with E-state index in [4.69, 9.17) is 4.74 Å². The molecule has 2 aromatic rings. The highest BCUT2D eigenvalue weighted by Crippen LogP contribution is 2.26. The highest BCUT2D eigenvalue weighted by atomic mass is 19.1. The molecule has 2 rings (SSSR count). The number of hydrogen-bond acceptors (Lipinski definition) is 3. The van der Waals surface area contributed by atoms with Gasteiger partial charge in [-0.2, -0.15) is 5.10 Å². The number of methoxy groups -OCH3 is 1. The van der Waals surface area contributed by atoms with E-state index in [9.17, 15) is 4.39 Å². The summed E-state index contributed by atoms with van der Waals surface area (Å²) >= 11 is 0. The smallest absolute Gasteiger partial charge is 0.165 e. The number of nitrogens with zero attached hydrogens (tertiary/aromatic N) is 2. The monoisotopic (exact) mass is 263 g/mol. The number of ether oxygens (including phenoxy) is 1. The third-order valence-electron chi connectivity index (χ3n) is 2.97. The average molecular weight is 263 g/mol. The third kappa shape index (κ3) is 2.93. The van der Waals surface area contributed by atoms with Crippen molar-refractivity contribution in [1.82, 2.24) is 15.1 Å². The van der Waals surface area contributed by atoms with Gasteiger partial charge >= 0.3 is 0 Å². The molecule has 0 saturated heterocycles. The van der Waals surface area contributed by atoms with E-state index in [1.165, 1.54) is 13.2 Å². The van der Waals surface area contributed by atoms with Crippen LogP contribution >= 0.6 is 0 Å². The zero-order valence-corrected chi connectivity index (χ0v) is 11.4. The number of aromatic nitrogens is 2. The topological polar surface area (TPSA) is 39.1 Å². The molecule has 0 amide bonds. The van der Waals surface area contributed by atoms with Gasteiger partial charge in [0.2, 0.25) is 0 Å². The minimum atomic E-state index is -0.354. The summed E-state index contributed by atoms with van der Waals surface area (Å²) in [4.78, 5) is 0. The second-order valence-electron chi connectivity index (χ2n) is 4.33. The van der Waals surface area contributed by atoms with Gasteiger partial charge in [0, 0.05) is 18.8 Å². The molecule has 5 heteroatoms. The van der Waals surface area contributed by atoms with E-state index in [0.29, 0.717) is 0 Å². The van der Waals surface area contributed by atoms with Crippen molar-refractivity contribution >= 4 is 0 Å². The lowest BCUT2D eigenvalue weighted by molar-refractivity contribution is 0.385. The number of hydrogen-bond donors (Lipinski definition) is 1. The minimum Gasteiger partial charge on any atom is -0.494 e. The van der Waals surface area contributed by atoms with E-state index in [2.05, 4.69) is 10.4 Å². The standard InChI is InChI=1S/C14H18FN3O/c1-4-16-14(11-8-17-18(2)9-11)10-5-6-12(15)13(7-10)19-3/h5-9,14,16H,4H2,1-3H3. The maximum absolute atomic E-state index is 13.5. The summed E-state index contributed by atoms with van der Waals surface area (Å²) in [5, 5.41) is 7.54. The number of aryl methyl sites for hydroxylation is 1. The van der Waals surface area contributed by atoms with Crippen molar-refractivity contribution in [2.75, 3.05) is 13.7 Å². The first kappa shape index (κ1) is 13.5. The lowest BCUT2D eigenvalue weighted by atomic mass is 10.0. The minimum absolute atomic E-state index is 0.0202. The highest BCUT2D eigenvalue weighted by molar-refractivity contribution is 5.36. The Morgan fingerprint density at radius 2 is 2.21 bits per heavy atom. The van der Waals surface area contributed by atoms with Crippen LogP contribution in [0.3, 0.4) is 0 Å². The van der Waals surface area contributed by atoms with Crippen LogP contribution in [0.5, 0.6) is 5.75 Å². The Bertz CT molecular complexity index is 553. The van der Waals surface area contributed by atoms with Crippen LogP contribution in [0.4, 0.5) is 4.39 Å². The first-order valence-electron chi connectivity index (χ1n) is 6.21. The summed E-state index contributed by atoms with van der Waals surface area (Å²) < 4.78 is 20.2. The molecule has 0 saturated carbocycles. The molecule has 1 aromatic carbocycles. The van der Waals surface area contributed by atoms with Crippen LogP contribution < -0.4 is 10.1 Å². The number of nitrogens with one attached hydrogen (secondary N) is 1. The molecule has 4 nitrogen and oxygen atoms in total. The van der Waals surface area contributed by atoms with Crippen molar-refractivity contribution in [2.45, 2.75) is 13.0 Å². The summed E-state index contributed by atoms with van der Waals surface area (Å²) in [5.41, 5.74) is 1.99. The molecular weight excluding hydrogens is 245 g/mol. The molecule has 1 heterocycles. The molecule has 0 radical (unpaired) electrons. The van der Waals surface area contributed by atoms with Crippen molar-refractivity contribution < 1.29 is 9.13 Å². The predicted molar refractivity (Wildman–Crippen MR) is 71.7 cm³/mol. The molecule has 0 aliphatic rings. The molecule has 1 aromatic heterocycles. The van der Waals surface area contributed by atoms with E-state index < -0.39 is 0 Å². The van der Waals surface area contributed by atoms with Gasteiger partial charge in [0.1, 0.15) is 0 Å². The van der Waals surface area contributed by atoms with Crippen molar-refractivity contribution in [3.63, 3.8) is 0 Å². The van der Waals surface area contributed by atoms with Crippen LogP contribution in [-0.4, -0.2) is 23.4 Å². The number of rotatable bonds is 5. The number of halogens is 1. The Morgan fingerprint density at radius 1 is 1.42 bits per heavy atom. The molecule has 0 aliphatic carbocycles. The molecule has 1 unspecified atom stereocenters. The van der Waals surface area contributed by atoms with Crippen molar-refractivity contribution in [3.05, 3.63) is 47.5 Å². The first-order chi connectivity index (χ1) is 9.15. The van der Waals surface area contributed by atoms with E-state index >= 15 is 0 Å². The molecule has 0 aliphatic heterocycles. The zero-order valence-electron chi connectivity index (χ0n) is 11.4. The fourth-order valence-corrected chi connectivity index (χ4v) is 2.08. The van der Waals surface area contributed by atoms with Crippen LogP contribution in [0.25, 0.3) is 0 Å². The summed E-state index contributed by atoms with van der Waals surface area (Å²) in [5.74, 6) is -0.100. The van der Waals surface area contributed by atoms with Gasteiger partial charge in [-0.3, -0.25) is 4.68 Å². The Morgan fingerprint density at radius 3 is 2.79 bits per heavy atom. The van der Waals surface area contributed by atoms with Gasteiger partial charge < -0.3 is 10.1 Å². The van der Waals surface area contributed by atoms with Crippen LogP contribution in [-0.2, 0) is 7.05 Å². The van der Waals surface area contributed by atoms with Crippen LogP contribution in [0.1, 0.15) is 24.1 Å². The Hall–Kier alpha value is -1.88. The highest BCUT2D eigenvalue weighted by Gasteiger charge is 2.16. The summed E-state index contributed by atoms with van der Waals surface area (Å²) in [6, 6.07) is 4.89. The molecule has 0 spiro atoms. The maximum atomic E-state index is 13.5. The van der Waals surface area contributed by atoms with Crippen LogP contribution in [0.2, 0.25) is 0 Å². The predicted octanol–water partition coefficient (Wildman–Crippen LogP) is 2.27. The molecule has 19 heavy (non-hydrogen) atoms. The van der Waals surface area contributed by atoms with Gasteiger partial charge in [0.25, 0.3) is 0 Å². The van der Waals surface area contributed by atoms with E-state index in [0.717, 1.165) is 17.7 Å². The second-order valence-corrected chi connectivity index (χ2v) is 4.33. The van der Waals surface area contributed by atoms with Gasteiger partial charge in [-0.25, -0.2) is 4.39 Å². The molecule has 1 atom stereocenters. The lowest BCUT2D eigenvalue weighted by Gasteiger charge is -2.17. The molecule has 1 N–H and O–H groups in total. The van der Waals surface area contributed by atoms with Gasteiger partial charge in [-0.05, 0) is 24.2 Å². The Labute approximate surface area is 112 Å². The Kier molecular flexibility index (Phi) is 4.16. The van der Waals surface area contributed by atoms with Crippen molar-refractivity contribution in [3.8, 4) is 5.75 Å². The van der Waals surface area contributed by atoms with Crippen LogP contribution in [0, 0.1) is 5.82 Å². The molecule has 0 fully saturated rings. The summed E-state index contributed by atoms with van der Waals surface area (Å²) in [6.07, 6.45) is 3.76. The fourth-order valence-electron chi connectivity index (χ4n) is 2.08. The van der Waals surface area contributed by atoms with Gasteiger partial charge in [-0.1, -0.05) is 13.0 Å². The van der Waals surface area contributed by atoms with Crippen molar-refractivity contribution in [1.29, 1.82) is 0 Å². The van der Waals surface area contributed by atoms with Gasteiger partial charge in [0.15, 0.2) is 11.6 Å². The third-order valence-corrected chi connectivity index (χ3v) is 2.97. The largest absolute Gasteiger partial charge is 0.494 e. The quantitative estimate of drug-likeness (QED) is 0.899. The summed E-state index contributed by atoms with van der Waals surface area (Å²) in [7, 11) is 3.34.